The van der Waals surface area contributed by atoms with Crippen LogP contribution in [0.2, 0.25) is 0 Å². The van der Waals surface area contributed by atoms with Crippen molar-refractivity contribution in [2.75, 3.05) is 7.05 Å². The van der Waals surface area contributed by atoms with Crippen molar-refractivity contribution in [3.8, 4) is 0 Å². The average molecular weight is 504 g/mol. The van der Waals surface area contributed by atoms with Gasteiger partial charge in [-0.1, -0.05) is 76.8 Å². The lowest BCUT2D eigenvalue weighted by Gasteiger charge is -2.37. The molecule has 2 unspecified atom stereocenters. The number of likely N-dealkylation sites (N-methyl/N-ethyl adjacent to an activating group) is 1. The number of rotatable bonds is 10. The SMILES string of the molecule is CCCCCCC[C@H]1OC(=O)C[C@@H](O)[C@H](Cc2ccccc2)N(C)C(=O)C(C(C)CC)OC(=O)[C@H]1C. The van der Waals surface area contributed by atoms with Gasteiger partial charge in [-0.3, -0.25) is 14.4 Å². The van der Waals surface area contributed by atoms with E-state index in [0.29, 0.717) is 19.3 Å². The van der Waals surface area contributed by atoms with Gasteiger partial charge in [-0.05, 0) is 38.2 Å². The van der Waals surface area contributed by atoms with Crippen LogP contribution in [0.15, 0.2) is 30.3 Å². The second-order valence-corrected chi connectivity index (χ2v) is 10.2. The normalized spacial score (nSPS) is 27.0. The Morgan fingerprint density at radius 1 is 1.03 bits per heavy atom. The van der Waals surface area contributed by atoms with Gasteiger partial charge in [0.25, 0.3) is 5.91 Å². The number of aliphatic hydroxyl groups excluding tert-OH is 1. The number of unbranched alkanes of at least 4 members (excludes halogenated alkanes) is 4. The van der Waals surface area contributed by atoms with E-state index < -0.39 is 42.2 Å². The van der Waals surface area contributed by atoms with E-state index in [2.05, 4.69) is 6.92 Å². The van der Waals surface area contributed by atoms with Gasteiger partial charge in [-0.15, -0.1) is 0 Å². The van der Waals surface area contributed by atoms with Gasteiger partial charge in [0.15, 0.2) is 6.10 Å². The molecule has 0 bridgehead atoms. The molecular formula is C29H45NO6. The minimum Gasteiger partial charge on any atom is -0.461 e. The second-order valence-electron chi connectivity index (χ2n) is 10.2. The van der Waals surface area contributed by atoms with E-state index in [1.165, 1.54) is 4.90 Å². The van der Waals surface area contributed by atoms with E-state index in [-0.39, 0.29) is 18.2 Å². The van der Waals surface area contributed by atoms with Crippen LogP contribution in [-0.4, -0.2) is 59.3 Å². The Morgan fingerprint density at radius 3 is 2.33 bits per heavy atom. The third kappa shape index (κ3) is 8.61. The van der Waals surface area contributed by atoms with Crippen LogP contribution in [-0.2, 0) is 30.3 Å². The molecule has 1 amide bonds. The van der Waals surface area contributed by atoms with E-state index in [9.17, 15) is 19.5 Å². The van der Waals surface area contributed by atoms with Gasteiger partial charge < -0.3 is 19.5 Å². The van der Waals surface area contributed by atoms with Crippen molar-refractivity contribution in [2.24, 2.45) is 11.8 Å². The van der Waals surface area contributed by atoms with Crippen LogP contribution in [0.1, 0.15) is 84.6 Å². The summed E-state index contributed by atoms with van der Waals surface area (Å²) >= 11 is 0. The fourth-order valence-corrected chi connectivity index (χ4v) is 4.64. The highest BCUT2D eigenvalue weighted by atomic mass is 16.6. The molecule has 6 atom stereocenters. The van der Waals surface area contributed by atoms with Gasteiger partial charge in [0.2, 0.25) is 0 Å². The van der Waals surface area contributed by atoms with Crippen molar-refractivity contribution in [3.05, 3.63) is 35.9 Å². The molecular weight excluding hydrogens is 458 g/mol. The smallest absolute Gasteiger partial charge is 0.313 e. The zero-order valence-corrected chi connectivity index (χ0v) is 22.7. The maximum atomic E-state index is 13.6. The van der Waals surface area contributed by atoms with E-state index in [1.54, 1.807) is 14.0 Å². The summed E-state index contributed by atoms with van der Waals surface area (Å²) in [5.41, 5.74) is 0.928. The first-order chi connectivity index (χ1) is 17.2. The Bertz CT molecular complexity index is 828. The Kier molecular flexibility index (Phi) is 12.4. The van der Waals surface area contributed by atoms with Crippen LogP contribution in [0.4, 0.5) is 0 Å². The molecule has 0 spiro atoms. The molecule has 1 aliphatic rings. The lowest BCUT2D eigenvalue weighted by molar-refractivity contribution is -0.177. The maximum absolute atomic E-state index is 13.6. The molecule has 1 N–H and O–H groups in total. The molecule has 0 aromatic heterocycles. The topological polar surface area (TPSA) is 93.1 Å². The number of carbonyl (C=O) groups excluding carboxylic acids is 3. The van der Waals surface area contributed by atoms with E-state index in [1.807, 2.05) is 44.2 Å². The Balaban J connectivity index is 2.34. The molecule has 1 aromatic carbocycles. The summed E-state index contributed by atoms with van der Waals surface area (Å²) in [6.45, 7) is 7.67. The highest BCUT2D eigenvalue weighted by molar-refractivity contribution is 5.85. The Hall–Kier alpha value is -2.41. The number of amides is 1. The van der Waals surface area contributed by atoms with Gasteiger partial charge in [-0.2, -0.15) is 0 Å². The summed E-state index contributed by atoms with van der Waals surface area (Å²) in [7, 11) is 1.60. The van der Waals surface area contributed by atoms with Gasteiger partial charge in [-0.25, -0.2) is 0 Å². The number of ether oxygens (including phenoxy) is 2. The highest BCUT2D eigenvalue weighted by Crippen LogP contribution is 2.25. The highest BCUT2D eigenvalue weighted by Gasteiger charge is 2.40. The van der Waals surface area contributed by atoms with Crippen molar-refractivity contribution < 1.29 is 29.0 Å². The number of esters is 2. The average Bonchev–Trinajstić information content (AvgIpc) is 2.87. The van der Waals surface area contributed by atoms with Gasteiger partial charge >= 0.3 is 11.9 Å². The molecule has 1 saturated heterocycles. The summed E-state index contributed by atoms with van der Waals surface area (Å²) < 4.78 is 11.6. The lowest BCUT2D eigenvalue weighted by Crippen LogP contribution is -2.53. The molecule has 0 radical (unpaired) electrons. The molecule has 36 heavy (non-hydrogen) atoms. The number of aliphatic hydroxyl groups is 1. The number of hydrogen-bond donors (Lipinski definition) is 1. The molecule has 1 fully saturated rings. The quantitative estimate of drug-likeness (QED) is 0.368. The second kappa shape index (κ2) is 15.0. The molecule has 7 nitrogen and oxygen atoms in total. The number of cyclic esters (lactones) is 2. The number of nitrogens with zero attached hydrogens (tertiary/aromatic N) is 1. The Morgan fingerprint density at radius 2 is 1.69 bits per heavy atom. The van der Waals surface area contributed by atoms with Crippen LogP contribution < -0.4 is 0 Å². The van der Waals surface area contributed by atoms with Crippen molar-refractivity contribution >= 4 is 17.8 Å². The monoisotopic (exact) mass is 503 g/mol. The van der Waals surface area contributed by atoms with Crippen molar-refractivity contribution in [2.45, 2.75) is 110 Å². The van der Waals surface area contributed by atoms with Gasteiger partial charge in [0, 0.05) is 13.0 Å². The predicted octanol–water partition coefficient (Wildman–Crippen LogP) is 4.69. The summed E-state index contributed by atoms with van der Waals surface area (Å²) in [6.07, 6.45) is 3.71. The van der Waals surface area contributed by atoms with Gasteiger partial charge in [0.1, 0.15) is 6.10 Å². The number of benzene rings is 1. The summed E-state index contributed by atoms with van der Waals surface area (Å²) in [6, 6.07) is 8.84. The van der Waals surface area contributed by atoms with Crippen LogP contribution in [0.5, 0.6) is 0 Å². The molecule has 1 heterocycles. The molecule has 202 valence electrons. The summed E-state index contributed by atoms with van der Waals surface area (Å²) in [5.74, 6) is -2.38. The minimum absolute atomic E-state index is 0.205. The third-order valence-electron chi connectivity index (χ3n) is 7.40. The largest absolute Gasteiger partial charge is 0.461 e. The fraction of sp³-hybridized carbons (Fsp3) is 0.690. The van der Waals surface area contributed by atoms with Crippen molar-refractivity contribution in [3.63, 3.8) is 0 Å². The molecule has 0 aliphatic carbocycles. The van der Waals surface area contributed by atoms with Crippen LogP contribution in [0.3, 0.4) is 0 Å². The molecule has 1 aromatic rings. The lowest BCUT2D eigenvalue weighted by atomic mass is 9.94. The molecule has 1 aliphatic heterocycles. The van der Waals surface area contributed by atoms with E-state index >= 15 is 0 Å². The predicted molar refractivity (Wildman–Crippen MR) is 139 cm³/mol. The maximum Gasteiger partial charge on any atom is 0.313 e. The number of carbonyl (C=O) groups is 3. The molecule has 0 saturated carbocycles. The first kappa shape index (κ1) is 29.8. The molecule has 2 rings (SSSR count). The first-order valence-corrected chi connectivity index (χ1v) is 13.6. The first-order valence-electron chi connectivity index (χ1n) is 13.6. The zero-order valence-electron chi connectivity index (χ0n) is 22.7. The van der Waals surface area contributed by atoms with Crippen LogP contribution in [0.25, 0.3) is 0 Å². The van der Waals surface area contributed by atoms with Crippen LogP contribution in [0, 0.1) is 11.8 Å². The number of hydrogen-bond acceptors (Lipinski definition) is 6. The zero-order chi connectivity index (χ0) is 26.7. The standard InChI is InChI=1S/C29H45NO6/c1-6-8-9-10-14-17-25-21(4)29(34)36-27(20(3)7-2)28(33)30(5)23(24(31)19-26(32)35-25)18-22-15-12-11-13-16-22/h11-13,15-16,20-21,23-25,27,31H,6-10,14,17-19H2,1-5H3/t20?,21-,23-,24+,25+,27?/m0/s1. The minimum atomic E-state index is -1.13. The van der Waals surface area contributed by atoms with E-state index in [4.69, 9.17) is 9.47 Å². The van der Waals surface area contributed by atoms with Crippen molar-refractivity contribution in [1.29, 1.82) is 0 Å². The summed E-state index contributed by atoms with van der Waals surface area (Å²) in [4.78, 5) is 41.1. The van der Waals surface area contributed by atoms with Crippen molar-refractivity contribution in [1.82, 2.24) is 4.90 Å². The molecule has 7 heteroatoms. The van der Waals surface area contributed by atoms with Crippen LogP contribution >= 0.6 is 0 Å². The third-order valence-corrected chi connectivity index (χ3v) is 7.40. The fourth-order valence-electron chi connectivity index (χ4n) is 4.64. The summed E-state index contributed by atoms with van der Waals surface area (Å²) in [5, 5.41) is 11.1. The van der Waals surface area contributed by atoms with E-state index in [0.717, 1.165) is 37.7 Å². The Labute approximate surface area is 216 Å². The van der Waals surface area contributed by atoms with Gasteiger partial charge in [0.05, 0.1) is 24.5 Å².